The highest BCUT2D eigenvalue weighted by molar-refractivity contribution is 6.09. The Morgan fingerprint density at radius 2 is 1.86 bits per heavy atom. The lowest BCUT2D eigenvalue weighted by atomic mass is 9.89. The number of aliphatic imine (C=N–C) groups is 1. The fourth-order valence-corrected chi connectivity index (χ4v) is 4.19. The van der Waals surface area contributed by atoms with Crippen LogP contribution in [0.3, 0.4) is 0 Å². The predicted molar refractivity (Wildman–Crippen MR) is 112 cm³/mol. The minimum Gasteiger partial charge on any atom is -0.495 e. The van der Waals surface area contributed by atoms with Gasteiger partial charge in [0.15, 0.2) is 0 Å². The summed E-state index contributed by atoms with van der Waals surface area (Å²) in [7, 11) is 1.67. The van der Waals surface area contributed by atoms with Crippen molar-refractivity contribution in [3.05, 3.63) is 48.2 Å². The summed E-state index contributed by atoms with van der Waals surface area (Å²) in [5, 5.41) is 0. The Balaban J connectivity index is 1.51. The number of allylic oxidation sites excluding steroid dienone is 2. The molecule has 0 bridgehead atoms. The first-order valence-corrected chi connectivity index (χ1v) is 9.87. The van der Waals surface area contributed by atoms with Crippen LogP contribution in [0.5, 0.6) is 5.75 Å². The number of piperazine rings is 1. The van der Waals surface area contributed by atoms with E-state index in [0.717, 1.165) is 17.0 Å². The Morgan fingerprint density at radius 1 is 1.14 bits per heavy atom. The van der Waals surface area contributed by atoms with Gasteiger partial charge in [-0.15, -0.1) is 0 Å². The number of anilines is 1. The molecule has 0 aliphatic carbocycles. The van der Waals surface area contributed by atoms with Crippen LogP contribution in [0.2, 0.25) is 0 Å². The summed E-state index contributed by atoms with van der Waals surface area (Å²) in [6.45, 7) is 6.44. The highest BCUT2D eigenvalue weighted by Crippen LogP contribution is 2.33. The van der Waals surface area contributed by atoms with Gasteiger partial charge in [0, 0.05) is 32.4 Å². The zero-order chi connectivity index (χ0) is 20.6. The van der Waals surface area contributed by atoms with Crippen LogP contribution >= 0.6 is 0 Å². The average molecular weight is 394 g/mol. The lowest BCUT2D eigenvalue weighted by molar-refractivity contribution is -0.144. The monoisotopic (exact) mass is 394 g/mol. The molecule has 1 unspecified atom stereocenters. The maximum atomic E-state index is 13.5. The van der Waals surface area contributed by atoms with E-state index in [0.29, 0.717) is 32.0 Å². The number of methoxy groups -OCH3 is 1. The van der Waals surface area contributed by atoms with Gasteiger partial charge in [-0.3, -0.25) is 9.59 Å². The second kappa shape index (κ2) is 7.39. The lowest BCUT2D eigenvalue weighted by Crippen LogP contribution is -2.63. The largest absolute Gasteiger partial charge is 0.495 e. The van der Waals surface area contributed by atoms with Gasteiger partial charge < -0.3 is 19.4 Å². The zero-order valence-corrected chi connectivity index (χ0v) is 17.1. The standard InChI is InChI=1S/C22H26N4O3/c1-16-8-9-19-23-20(27)14-22(2,26(19)15-16)21(28)25-12-10-24(11-13-25)17-6-4-5-7-18(17)29-3/h4-9,15H,10-14H2,1-3H3. The number of ether oxygens (including phenoxy) is 1. The van der Waals surface area contributed by atoms with E-state index in [1.807, 2.05) is 60.2 Å². The Labute approximate surface area is 170 Å². The molecular weight excluding hydrogens is 368 g/mol. The first-order valence-electron chi connectivity index (χ1n) is 9.87. The number of amidine groups is 1. The van der Waals surface area contributed by atoms with Crippen molar-refractivity contribution in [1.82, 2.24) is 9.80 Å². The van der Waals surface area contributed by atoms with Crippen LogP contribution in [0.4, 0.5) is 5.69 Å². The summed E-state index contributed by atoms with van der Waals surface area (Å²) in [5.74, 6) is 1.09. The van der Waals surface area contributed by atoms with Crippen LogP contribution in [0, 0.1) is 0 Å². The molecule has 2 amide bonds. The molecule has 29 heavy (non-hydrogen) atoms. The minimum atomic E-state index is -0.952. The van der Waals surface area contributed by atoms with Gasteiger partial charge >= 0.3 is 0 Å². The van der Waals surface area contributed by atoms with E-state index in [1.165, 1.54) is 0 Å². The lowest BCUT2D eigenvalue weighted by Gasteiger charge is -2.46. The van der Waals surface area contributed by atoms with Gasteiger partial charge in [-0.2, -0.15) is 4.99 Å². The number of hydrogen-bond donors (Lipinski definition) is 0. The number of carbonyl (C=O) groups excluding carboxylic acids is 2. The summed E-state index contributed by atoms with van der Waals surface area (Å²) in [6, 6.07) is 7.92. The second-order valence-electron chi connectivity index (χ2n) is 7.84. The number of nitrogens with zero attached hydrogens (tertiary/aromatic N) is 4. The third-order valence-electron chi connectivity index (χ3n) is 5.79. The van der Waals surface area contributed by atoms with E-state index in [4.69, 9.17) is 4.74 Å². The molecule has 3 aliphatic rings. The van der Waals surface area contributed by atoms with Gasteiger partial charge in [0.2, 0.25) is 5.91 Å². The summed E-state index contributed by atoms with van der Waals surface area (Å²) in [4.78, 5) is 35.8. The molecule has 1 atom stereocenters. The smallest absolute Gasteiger partial charge is 0.250 e. The summed E-state index contributed by atoms with van der Waals surface area (Å²) in [6.07, 6.45) is 5.70. The van der Waals surface area contributed by atoms with E-state index >= 15 is 0 Å². The van der Waals surface area contributed by atoms with Crippen molar-refractivity contribution in [2.24, 2.45) is 4.99 Å². The molecule has 3 heterocycles. The first kappa shape index (κ1) is 19.2. The third kappa shape index (κ3) is 3.41. The maximum absolute atomic E-state index is 13.5. The van der Waals surface area contributed by atoms with Crippen LogP contribution in [0.1, 0.15) is 20.3 Å². The maximum Gasteiger partial charge on any atom is 0.250 e. The van der Waals surface area contributed by atoms with Gasteiger partial charge in [0.05, 0.1) is 19.2 Å². The number of amides is 2. The topological polar surface area (TPSA) is 65.5 Å². The molecular formula is C22H26N4O3. The Morgan fingerprint density at radius 3 is 2.59 bits per heavy atom. The second-order valence-corrected chi connectivity index (χ2v) is 7.84. The third-order valence-corrected chi connectivity index (χ3v) is 5.79. The van der Waals surface area contributed by atoms with Gasteiger partial charge in [-0.25, -0.2) is 0 Å². The van der Waals surface area contributed by atoms with Crippen molar-refractivity contribution >= 4 is 23.3 Å². The molecule has 0 radical (unpaired) electrons. The molecule has 1 aromatic carbocycles. The number of benzene rings is 1. The molecule has 3 aliphatic heterocycles. The molecule has 1 saturated heterocycles. The van der Waals surface area contributed by atoms with Gasteiger partial charge in [0.1, 0.15) is 17.1 Å². The molecule has 4 rings (SSSR count). The first-order chi connectivity index (χ1) is 13.9. The molecule has 0 spiro atoms. The highest BCUT2D eigenvalue weighted by atomic mass is 16.5. The predicted octanol–water partition coefficient (Wildman–Crippen LogP) is 2.21. The number of para-hydroxylation sites is 2. The Hall–Kier alpha value is -3.09. The van der Waals surface area contributed by atoms with Crippen molar-refractivity contribution in [2.45, 2.75) is 25.8 Å². The van der Waals surface area contributed by atoms with Crippen molar-refractivity contribution in [2.75, 3.05) is 38.2 Å². The van der Waals surface area contributed by atoms with Crippen LogP contribution in [-0.2, 0) is 9.59 Å². The van der Waals surface area contributed by atoms with Crippen molar-refractivity contribution in [3.8, 4) is 5.75 Å². The van der Waals surface area contributed by atoms with Crippen molar-refractivity contribution in [1.29, 1.82) is 0 Å². The quantitative estimate of drug-likeness (QED) is 0.787. The Kier molecular flexibility index (Phi) is 4.90. The van der Waals surface area contributed by atoms with Crippen LogP contribution in [0.25, 0.3) is 0 Å². The Bertz CT molecular complexity index is 928. The number of rotatable bonds is 3. The molecule has 0 aromatic heterocycles. The van der Waals surface area contributed by atoms with Crippen LogP contribution in [-0.4, -0.2) is 66.3 Å². The zero-order valence-electron chi connectivity index (χ0n) is 17.1. The van der Waals surface area contributed by atoms with E-state index in [9.17, 15) is 9.59 Å². The van der Waals surface area contributed by atoms with Gasteiger partial charge in [-0.05, 0) is 37.6 Å². The SMILES string of the molecule is COc1ccccc1N1CCN(C(=O)C2(C)CC(=O)N=C3C=CC(C)=CN32)CC1. The summed E-state index contributed by atoms with van der Waals surface area (Å²) < 4.78 is 5.47. The number of carbonyl (C=O) groups is 2. The van der Waals surface area contributed by atoms with Crippen molar-refractivity contribution < 1.29 is 14.3 Å². The summed E-state index contributed by atoms with van der Waals surface area (Å²) >= 11 is 0. The van der Waals surface area contributed by atoms with Crippen molar-refractivity contribution in [3.63, 3.8) is 0 Å². The van der Waals surface area contributed by atoms with Crippen LogP contribution in [0.15, 0.2) is 53.2 Å². The van der Waals surface area contributed by atoms with Crippen LogP contribution < -0.4 is 9.64 Å². The number of hydrogen-bond acceptors (Lipinski definition) is 5. The summed E-state index contributed by atoms with van der Waals surface area (Å²) in [5.41, 5.74) is 1.11. The molecule has 152 valence electrons. The molecule has 1 fully saturated rings. The van der Waals surface area contributed by atoms with Gasteiger partial charge in [-0.1, -0.05) is 18.2 Å². The average Bonchev–Trinajstić information content (AvgIpc) is 2.74. The molecule has 7 heteroatoms. The fraction of sp³-hybridized carbons (Fsp3) is 0.409. The van der Waals surface area contributed by atoms with E-state index in [2.05, 4.69) is 9.89 Å². The van der Waals surface area contributed by atoms with E-state index in [1.54, 1.807) is 13.2 Å². The number of fused-ring (bicyclic) bond motifs is 1. The normalized spacial score (nSPS) is 24.1. The fourth-order valence-electron chi connectivity index (χ4n) is 4.19. The van der Waals surface area contributed by atoms with E-state index in [-0.39, 0.29) is 18.2 Å². The molecule has 0 N–H and O–H groups in total. The van der Waals surface area contributed by atoms with E-state index < -0.39 is 5.54 Å². The highest BCUT2D eigenvalue weighted by Gasteiger charge is 2.47. The molecule has 7 nitrogen and oxygen atoms in total. The van der Waals surface area contributed by atoms with Gasteiger partial charge in [0.25, 0.3) is 5.91 Å². The minimum absolute atomic E-state index is 0.0303. The molecule has 1 aromatic rings. The molecule has 0 saturated carbocycles.